The molecule has 4 nitrogen and oxygen atoms in total. The summed E-state index contributed by atoms with van der Waals surface area (Å²) in [6, 6.07) is 6.97. The third-order valence-corrected chi connectivity index (χ3v) is 2.31. The predicted molar refractivity (Wildman–Crippen MR) is 71.4 cm³/mol. The molecule has 0 unspecified atom stereocenters. The molecular formula is C15H14O4. The van der Waals surface area contributed by atoms with Crippen molar-refractivity contribution in [3.05, 3.63) is 35.4 Å². The maximum atomic E-state index is 11.5. The van der Waals surface area contributed by atoms with Crippen molar-refractivity contribution in [2.45, 2.75) is 6.92 Å². The lowest BCUT2D eigenvalue weighted by Gasteiger charge is -2.07. The molecule has 0 aliphatic carbocycles. The van der Waals surface area contributed by atoms with E-state index in [0.29, 0.717) is 11.3 Å². The van der Waals surface area contributed by atoms with Gasteiger partial charge in [0.25, 0.3) is 0 Å². The van der Waals surface area contributed by atoms with Crippen LogP contribution in [0.1, 0.15) is 12.5 Å². The van der Waals surface area contributed by atoms with Crippen LogP contribution in [0, 0.1) is 12.3 Å². The van der Waals surface area contributed by atoms with Gasteiger partial charge in [0.2, 0.25) is 0 Å². The van der Waals surface area contributed by atoms with Crippen molar-refractivity contribution in [1.82, 2.24) is 0 Å². The average Bonchev–Trinajstić information content (AvgIpc) is 2.42. The monoisotopic (exact) mass is 258 g/mol. The summed E-state index contributed by atoms with van der Waals surface area (Å²) in [6.45, 7) is 1.41. The Balaban J connectivity index is 3.17. The molecule has 1 aromatic rings. The third kappa shape index (κ3) is 4.00. The standard InChI is InChI=1S/C15H14O4/c1-4-9-19-14-8-6-5-7-12(14)10-13(11(2)16)15(17)18-3/h1,5-8,10H,9H2,2-3H3. The lowest BCUT2D eigenvalue weighted by atomic mass is 10.1. The molecule has 0 aromatic heterocycles. The van der Waals surface area contributed by atoms with Crippen molar-refractivity contribution in [3.8, 4) is 18.1 Å². The van der Waals surface area contributed by atoms with Gasteiger partial charge in [0, 0.05) is 5.56 Å². The number of rotatable bonds is 5. The summed E-state index contributed by atoms with van der Waals surface area (Å²) in [6.07, 6.45) is 6.56. The van der Waals surface area contributed by atoms with Gasteiger partial charge in [0.1, 0.15) is 17.9 Å². The summed E-state index contributed by atoms with van der Waals surface area (Å²) >= 11 is 0. The van der Waals surface area contributed by atoms with E-state index in [9.17, 15) is 9.59 Å². The van der Waals surface area contributed by atoms with Gasteiger partial charge in [-0.2, -0.15) is 0 Å². The van der Waals surface area contributed by atoms with Crippen LogP contribution in [0.15, 0.2) is 29.8 Å². The zero-order chi connectivity index (χ0) is 14.3. The molecule has 4 heteroatoms. The number of hydrogen-bond donors (Lipinski definition) is 0. The van der Waals surface area contributed by atoms with Gasteiger partial charge < -0.3 is 9.47 Å². The van der Waals surface area contributed by atoms with Gasteiger partial charge in [-0.15, -0.1) is 6.42 Å². The number of terminal acetylenes is 1. The van der Waals surface area contributed by atoms with Gasteiger partial charge in [-0.1, -0.05) is 24.1 Å². The first-order chi connectivity index (χ1) is 9.10. The number of ether oxygens (including phenoxy) is 2. The minimum Gasteiger partial charge on any atom is -0.480 e. The fourth-order valence-corrected chi connectivity index (χ4v) is 1.42. The fraction of sp³-hybridized carbons (Fsp3) is 0.200. The Hall–Kier alpha value is -2.54. The summed E-state index contributed by atoms with van der Waals surface area (Å²) < 4.78 is 9.90. The minimum atomic E-state index is -0.681. The van der Waals surface area contributed by atoms with Crippen LogP contribution in [0.4, 0.5) is 0 Å². The highest BCUT2D eigenvalue weighted by Crippen LogP contribution is 2.21. The summed E-state index contributed by atoms with van der Waals surface area (Å²) in [4.78, 5) is 22.9. The van der Waals surface area contributed by atoms with Crippen molar-refractivity contribution >= 4 is 17.8 Å². The van der Waals surface area contributed by atoms with Crippen molar-refractivity contribution in [2.24, 2.45) is 0 Å². The molecule has 98 valence electrons. The molecule has 0 amide bonds. The molecule has 1 rings (SSSR count). The van der Waals surface area contributed by atoms with E-state index in [0.717, 1.165) is 0 Å². The molecule has 0 aliphatic rings. The van der Waals surface area contributed by atoms with Crippen LogP contribution in [0.3, 0.4) is 0 Å². The fourth-order valence-electron chi connectivity index (χ4n) is 1.42. The van der Waals surface area contributed by atoms with Crippen LogP contribution < -0.4 is 4.74 Å². The Morgan fingerprint density at radius 1 is 1.37 bits per heavy atom. The molecular weight excluding hydrogens is 244 g/mol. The van der Waals surface area contributed by atoms with E-state index in [2.05, 4.69) is 10.7 Å². The van der Waals surface area contributed by atoms with Gasteiger partial charge in [0.15, 0.2) is 5.78 Å². The second kappa shape index (κ2) is 7.02. The van der Waals surface area contributed by atoms with Gasteiger partial charge in [-0.05, 0) is 19.1 Å². The number of hydrogen-bond acceptors (Lipinski definition) is 4. The van der Waals surface area contributed by atoms with Crippen molar-refractivity contribution < 1.29 is 19.1 Å². The largest absolute Gasteiger partial charge is 0.480 e. The summed E-state index contributed by atoms with van der Waals surface area (Å²) in [5.41, 5.74) is 0.549. The molecule has 0 aliphatic heterocycles. The minimum absolute atomic E-state index is 0.0424. The third-order valence-electron chi connectivity index (χ3n) is 2.31. The number of carbonyl (C=O) groups excluding carboxylic acids is 2. The Morgan fingerprint density at radius 2 is 2.05 bits per heavy atom. The Bertz CT molecular complexity index is 550. The highest BCUT2D eigenvalue weighted by Gasteiger charge is 2.15. The maximum Gasteiger partial charge on any atom is 0.341 e. The normalized spacial score (nSPS) is 10.5. The smallest absolute Gasteiger partial charge is 0.341 e. The number of esters is 1. The van der Waals surface area contributed by atoms with E-state index in [4.69, 9.17) is 11.2 Å². The van der Waals surface area contributed by atoms with Crippen LogP contribution in [0.5, 0.6) is 5.75 Å². The lowest BCUT2D eigenvalue weighted by Crippen LogP contribution is -2.11. The number of ketones is 1. The van der Waals surface area contributed by atoms with E-state index in [-0.39, 0.29) is 18.0 Å². The number of para-hydroxylation sites is 1. The molecule has 1 aromatic carbocycles. The van der Waals surface area contributed by atoms with E-state index in [1.54, 1.807) is 24.3 Å². The van der Waals surface area contributed by atoms with Crippen molar-refractivity contribution in [3.63, 3.8) is 0 Å². The van der Waals surface area contributed by atoms with Gasteiger partial charge in [0.05, 0.1) is 7.11 Å². The first kappa shape index (κ1) is 14.5. The van der Waals surface area contributed by atoms with Crippen LogP contribution >= 0.6 is 0 Å². The summed E-state index contributed by atoms with van der Waals surface area (Å²) in [7, 11) is 1.22. The molecule has 0 saturated carbocycles. The lowest BCUT2D eigenvalue weighted by molar-refractivity contribution is -0.137. The number of methoxy groups -OCH3 is 1. The van der Waals surface area contributed by atoms with Crippen LogP contribution in [0.25, 0.3) is 6.08 Å². The highest BCUT2D eigenvalue weighted by molar-refractivity contribution is 6.19. The van der Waals surface area contributed by atoms with E-state index >= 15 is 0 Å². The molecule has 0 heterocycles. The van der Waals surface area contributed by atoms with Gasteiger partial charge in [-0.25, -0.2) is 4.79 Å². The zero-order valence-corrected chi connectivity index (χ0v) is 10.8. The highest BCUT2D eigenvalue weighted by atomic mass is 16.5. The second-order valence-electron chi connectivity index (χ2n) is 3.64. The first-order valence-electron chi connectivity index (χ1n) is 5.56. The van der Waals surface area contributed by atoms with Crippen LogP contribution in [0.2, 0.25) is 0 Å². The van der Waals surface area contributed by atoms with Crippen LogP contribution in [-0.4, -0.2) is 25.5 Å². The van der Waals surface area contributed by atoms with Crippen molar-refractivity contribution in [2.75, 3.05) is 13.7 Å². The Morgan fingerprint density at radius 3 is 2.63 bits per heavy atom. The first-order valence-corrected chi connectivity index (χ1v) is 5.56. The SMILES string of the molecule is C#CCOc1ccccc1C=C(C(C)=O)C(=O)OC. The Kier molecular flexibility index (Phi) is 5.36. The molecule has 0 saturated heterocycles. The maximum absolute atomic E-state index is 11.5. The summed E-state index contributed by atoms with van der Waals surface area (Å²) in [5.74, 6) is 1.80. The van der Waals surface area contributed by atoms with Gasteiger partial charge in [-0.3, -0.25) is 4.79 Å². The van der Waals surface area contributed by atoms with E-state index in [1.807, 2.05) is 0 Å². The molecule has 0 radical (unpaired) electrons. The zero-order valence-electron chi connectivity index (χ0n) is 10.8. The molecule has 0 bridgehead atoms. The van der Waals surface area contributed by atoms with E-state index < -0.39 is 5.97 Å². The topological polar surface area (TPSA) is 52.6 Å². The molecule has 0 atom stereocenters. The molecule has 0 spiro atoms. The number of benzene rings is 1. The second-order valence-corrected chi connectivity index (χ2v) is 3.64. The predicted octanol–water partition coefficient (Wildman–Crippen LogP) is 1.84. The summed E-state index contributed by atoms with van der Waals surface area (Å²) in [5, 5.41) is 0. The average molecular weight is 258 g/mol. The van der Waals surface area contributed by atoms with Crippen LogP contribution in [-0.2, 0) is 14.3 Å². The quantitative estimate of drug-likeness (QED) is 0.266. The number of Topliss-reactive ketones (excluding diaryl/α,β-unsaturated/α-hetero) is 1. The van der Waals surface area contributed by atoms with Crippen molar-refractivity contribution in [1.29, 1.82) is 0 Å². The molecule has 0 fully saturated rings. The van der Waals surface area contributed by atoms with Gasteiger partial charge >= 0.3 is 5.97 Å². The molecule has 19 heavy (non-hydrogen) atoms. The number of carbonyl (C=O) groups is 2. The Labute approximate surface area is 112 Å². The van der Waals surface area contributed by atoms with E-state index in [1.165, 1.54) is 20.1 Å². The molecule has 0 N–H and O–H groups in total.